The minimum atomic E-state index is 0.428. The average Bonchev–Trinajstić information content (AvgIpc) is 2.60. The highest BCUT2D eigenvalue weighted by atomic mass is 16.1. The maximum Gasteiger partial charge on any atom is 0.168 e. The molecule has 1 aromatic heterocycles. The summed E-state index contributed by atoms with van der Waals surface area (Å²) in [6, 6.07) is 3.11. The van der Waals surface area contributed by atoms with Crippen molar-refractivity contribution < 1.29 is 4.79 Å². The number of aryl methyl sites for hydroxylation is 1. The monoisotopic (exact) mass is 245 g/mol. The maximum absolute atomic E-state index is 10.9. The smallest absolute Gasteiger partial charge is 0.168 e. The van der Waals surface area contributed by atoms with Gasteiger partial charge in [-0.05, 0) is 45.7 Å². The normalized spacial score (nSPS) is 31.6. The van der Waals surface area contributed by atoms with Gasteiger partial charge in [0.25, 0.3) is 0 Å². The SMILES string of the molecule is Cc1cc(C=O)nc(C2CC3CCC(C2)N3C)n1. The Balaban J connectivity index is 1.87. The van der Waals surface area contributed by atoms with E-state index in [0.29, 0.717) is 23.7 Å². The standard InChI is InChI=1S/C14H19N3O/c1-9-5-11(8-18)16-14(15-9)10-6-12-3-4-13(7-10)17(12)2/h5,8,10,12-13H,3-4,6-7H2,1-2H3. The number of nitrogens with zero attached hydrogens (tertiary/aromatic N) is 3. The lowest BCUT2D eigenvalue weighted by Crippen LogP contribution is -2.39. The fraction of sp³-hybridized carbons (Fsp3) is 0.643. The van der Waals surface area contributed by atoms with Crippen LogP contribution >= 0.6 is 0 Å². The van der Waals surface area contributed by atoms with E-state index in [0.717, 1.165) is 30.6 Å². The highest BCUT2D eigenvalue weighted by molar-refractivity contribution is 5.71. The van der Waals surface area contributed by atoms with Crippen molar-refractivity contribution in [2.75, 3.05) is 7.05 Å². The summed E-state index contributed by atoms with van der Waals surface area (Å²) in [5.74, 6) is 1.31. The van der Waals surface area contributed by atoms with Crippen LogP contribution in [0.3, 0.4) is 0 Å². The van der Waals surface area contributed by atoms with Crippen LogP contribution in [0.25, 0.3) is 0 Å². The zero-order chi connectivity index (χ0) is 12.7. The first-order valence-corrected chi connectivity index (χ1v) is 6.70. The molecular weight excluding hydrogens is 226 g/mol. The third-order valence-electron chi connectivity index (χ3n) is 4.48. The predicted molar refractivity (Wildman–Crippen MR) is 68.7 cm³/mol. The van der Waals surface area contributed by atoms with Gasteiger partial charge in [-0.3, -0.25) is 4.79 Å². The lowest BCUT2D eigenvalue weighted by atomic mass is 9.90. The molecule has 2 aliphatic heterocycles. The number of hydrogen-bond acceptors (Lipinski definition) is 4. The van der Waals surface area contributed by atoms with Crippen LogP contribution in [0.4, 0.5) is 0 Å². The number of rotatable bonds is 2. The largest absolute Gasteiger partial charge is 0.300 e. The number of piperidine rings is 1. The molecule has 4 heteroatoms. The summed E-state index contributed by atoms with van der Waals surface area (Å²) in [4.78, 5) is 22.3. The van der Waals surface area contributed by atoms with Crippen molar-refractivity contribution in [3.8, 4) is 0 Å². The average molecular weight is 245 g/mol. The van der Waals surface area contributed by atoms with Crippen molar-refractivity contribution in [1.82, 2.24) is 14.9 Å². The van der Waals surface area contributed by atoms with Crippen LogP contribution in [0.5, 0.6) is 0 Å². The molecule has 18 heavy (non-hydrogen) atoms. The van der Waals surface area contributed by atoms with Gasteiger partial charge in [0.1, 0.15) is 11.5 Å². The van der Waals surface area contributed by atoms with Gasteiger partial charge in [0.05, 0.1) is 0 Å². The van der Waals surface area contributed by atoms with Crippen molar-refractivity contribution in [3.05, 3.63) is 23.3 Å². The second-order valence-corrected chi connectivity index (χ2v) is 5.63. The first-order valence-electron chi connectivity index (χ1n) is 6.70. The van der Waals surface area contributed by atoms with Gasteiger partial charge in [0.2, 0.25) is 0 Å². The van der Waals surface area contributed by atoms with Gasteiger partial charge in [-0.25, -0.2) is 9.97 Å². The van der Waals surface area contributed by atoms with Gasteiger partial charge in [0, 0.05) is 23.7 Å². The van der Waals surface area contributed by atoms with Gasteiger partial charge in [-0.2, -0.15) is 0 Å². The molecule has 4 nitrogen and oxygen atoms in total. The number of carbonyl (C=O) groups is 1. The molecule has 2 atom stereocenters. The van der Waals surface area contributed by atoms with E-state index in [4.69, 9.17) is 0 Å². The molecule has 2 saturated heterocycles. The van der Waals surface area contributed by atoms with Crippen molar-refractivity contribution in [2.24, 2.45) is 0 Å². The van der Waals surface area contributed by atoms with Gasteiger partial charge in [-0.1, -0.05) is 0 Å². The fourth-order valence-corrected chi connectivity index (χ4v) is 3.48. The first-order chi connectivity index (χ1) is 8.67. The molecule has 96 valence electrons. The van der Waals surface area contributed by atoms with E-state index in [9.17, 15) is 4.79 Å². The molecule has 2 bridgehead atoms. The number of hydrogen-bond donors (Lipinski definition) is 0. The number of carbonyl (C=O) groups excluding carboxylic acids is 1. The Labute approximate surface area is 107 Å². The Hall–Kier alpha value is -1.29. The maximum atomic E-state index is 10.9. The summed E-state index contributed by atoms with van der Waals surface area (Å²) in [6.45, 7) is 1.93. The molecule has 0 amide bonds. The Kier molecular flexibility index (Phi) is 2.90. The predicted octanol–water partition coefficient (Wildman–Crippen LogP) is 1.94. The molecular formula is C14H19N3O. The first kappa shape index (κ1) is 11.8. The molecule has 3 rings (SSSR count). The zero-order valence-corrected chi connectivity index (χ0v) is 11.0. The van der Waals surface area contributed by atoms with Gasteiger partial charge in [-0.15, -0.1) is 0 Å². The third kappa shape index (κ3) is 1.94. The van der Waals surface area contributed by atoms with Crippen molar-refractivity contribution >= 4 is 6.29 Å². The topological polar surface area (TPSA) is 46.1 Å². The Bertz CT molecular complexity index is 460. The van der Waals surface area contributed by atoms with Crippen LogP contribution in [0.1, 0.15) is 53.6 Å². The molecule has 2 fully saturated rings. The van der Waals surface area contributed by atoms with E-state index >= 15 is 0 Å². The van der Waals surface area contributed by atoms with E-state index in [2.05, 4.69) is 21.9 Å². The van der Waals surface area contributed by atoms with E-state index in [1.54, 1.807) is 6.07 Å². The van der Waals surface area contributed by atoms with Crippen LogP contribution in [-0.4, -0.2) is 40.3 Å². The zero-order valence-electron chi connectivity index (χ0n) is 11.0. The van der Waals surface area contributed by atoms with Gasteiger partial charge in [0.15, 0.2) is 6.29 Å². The summed E-state index contributed by atoms with van der Waals surface area (Å²) in [5, 5.41) is 0. The minimum absolute atomic E-state index is 0.428. The summed E-state index contributed by atoms with van der Waals surface area (Å²) < 4.78 is 0. The second kappa shape index (κ2) is 4.43. The summed E-state index contributed by atoms with van der Waals surface area (Å²) >= 11 is 0. The Morgan fingerprint density at radius 1 is 1.28 bits per heavy atom. The van der Waals surface area contributed by atoms with Crippen LogP contribution in [0.15, 0.2) is 6.07 Å². The summed E-state index contributed by atoms with van der Waals surface area (Å²) in [6.07, 6.45) is 5.68. The molecule has 0 aromatic carbocycles. The van der Waals surface area contributed by atoms with Crippen LogP contribution in [0, 0.1) is 6.92 Å². The van der Waals surface area contributed by atoms with Crippen molar-refractivity contribution in [3.63, 3.8) is 0 Å². The highest BCUT2D eigenvalue weighted by Gasteiger charge is 2.39. The molecule has 0 N–H and O–H groups in total. The number of aldehydes is 1. The molecule has 0 spiro atoms. The van der Waals surface area contributed by atoms with E-state index in [1.807, 2.05) is 6.92 Å². The molecule has 0 saturated carbocycles. The fourth-order valence-electron chi connectivity index (χ4n) is 3.48. The Morgan fingerprint density at radius 2 is 1.94 bits per heavy atom. The highest BCUT2D eigenvalue weighted by Crippen LogP contribution is 2.41. The lowest BCUT2D eigenvalue weighted by molar-refractivity contribution is 0.111. The molecule has 0 aliphatic carbocycles. The molecule has 3 heterocycles. The second-order valence-electron chi connectivity index (χ2n) is 5.63. The number of fused-ring (bicyclic) bond motifs is 2. The summed E-state index contributed by atoms with van der Waals surface area (Å²) in [5.41, 5.74) is 1.41. The quantitative estimate of drug-likeness (QED) is 0.747. The molecule has 1 aromatic rings. The van der Waals surface area contributed by atoms with Crippen LogP contribution in [0.2, 0.25) is 0 Å². The van der Waals surface area contributed by atoms with Crippen LogP contribution in [-0.2, 0) is 0 Å². The van der Waals surface area contributed by atoms with Gasteiger partial charge >= 0.3 is 0 Å². The molecule has 0 radical (unpaired) electrons. The van der Waals surface area contributed by atoms with Crippen molar-refractivity contribution in [2.45, 2.75) is 50.6 Å². The van der Waals surface area contributed by atoms with Crippen LogP contribution < -0.4 is 0 Å². The van der Waals surface area contributed by atoms with E-state index < -0.39 is 0 Å². The Morgan fingerprint density at radius 3 is 2.56 bits per heavy atom. The van der Waals surface area contributed by atoms with E-state index in [-0.39, 0.29) is 0 Å². The molecule has 2 aliphatic rings. The van der Waals surface area contributed by atoms with E-state index in [1.165, 1.54) is 12.8 Å². The number of aromatic nitrogens is 2. The minimum Gasteiger partial charge on any atom is -0.300 e. The lowest BCUT2D eigenvalue weighted by Gasteiger charge is -2.35. The van der Waals surface area contributed by atoms with Crippen molar-refractivity contribution in [1.29, 1.82) is 0 Å². The summed E-state index contributed by atoms with van der Waals surface area (Å²) in [7, 11) is 2.23. The third-order valence-corrected chi connectivity index (χ3v) is 4.48. The molecule has 2 unspecified atom stereocenters. The van der Waals surface area contributed by atoms with Gasteiger partial charge < -0.3 is 4.90 Å².